The van der Waals surface area contributed by atoms with Gasteiger partial charge in [-0.1, -0.05) is 13.8 Å². The van der Waals surface area contributed by atoms with Crippen LogP contribution in [0.3, 0.4) is 0 Å². The largest absolute Gasteiger partial charge is 0.388 e. The van der Waals surface area contributed by atoms with E-state index in [4.69, 9.17) is 18.9 Å². The first-order valence-corrected chi connectivity index (χ1v) is 8.23. The van der Waals surface area contributed by atoms with Crippen LogP contribution in [0.25, 0.3) is 0 Å². The second kappa shape index (κ2) is 4.36. The Morgan fingerprint density at radius 1 is 1.17 bits per heavy atom. The van der Waals surface area contributed by atoms with E-state index in [-0.39, 0.29) is 23.7 Å². The highest BCUT2D eigenvalue weighted by Crippen LogP contribution is 2.58. The van der Waals surface area contributed by atoms with Gasteiger partial charge in [0.15, 0.2) is 5.60 Å². The molecule has 3 aliphatic heterocycles. The van der Waals surface area contributed by atoms with Crippen molar-refractivity contribution in [3.8, 4) is 0 Å². The summed E-state index contributed by atoms with van der Waals surface area (Å²) in [6.07, 6.45) is 0.0501. The molecule has 0 aromatic rings. The van der Waals surface area contributed by atoms with Crippen LogP contribution in [0.15, 0.2) is 11.6 Å². The number of hydrogen-bond acceptors (Lipinski definition) is 6. The standard InChI is InChI=1S/C17H26O6/c1-14(2)7-20-17(21-8-14)6-9(10(18)12-16(17,5)23-12)11-13(22-11)15(3,4)19/h6,10-13,18-19H,7-8H2,1-5H3/t10?,11-,12-,13+,16-/m1/s1. The number of rotatable bonds is 2. The summed E-state index contributed by atoms with van der Waals surface area (Å²) in [7, 11) is 0. The third-order valence-corrected chi connectivity index (χ3v) is 5.41. The summed E-state index contributed by atoms with van der Waals surface area (Å²) in [6.45, 7) is 10.6. The molecular formula is C17H26O6. The minimum absolute atomic E-state index is 0.0538. The molecule has 0 amide bonds. The fourth-order valence-corrected chi connectivity index (χ4v) is 3.71. The van der Waals surface area contributed by atoms with Gasteiger partial charge in [0.1, 0.15) is 24.4 Å². The van der Waals surface area contributed by atoms with E-state index in [0.29, 0.717) is 18.8 Å². The van der Waals surface area contributed by atoms with Crippen molar-refractivity contribution in [1.29, 1.82) is 0 Å². The molecule has 0 aromatic carbocycles. The SMILES string of the molecule is CC1(C)COC2(C=C([C@H]3O[C@@H]3C(C)(C)O)C(O)[C@H]3O[C@]32C)OC1. The maximum absolute atomic E-state index is 10.6. The van der Waals surface area contributed by atoms with Crippen molar-refractivity contribution in [1.82, 2.24) is 0 Å². The third kappa shape index (κ3) is 2.23. The molecule has 0 aromatic heterocycles. The highest BCUT2D eigenvalue weighted by atomic mass is 16.8. The molecule has 6 heteroatoms. The molecule has 3 heterocycles. The van der Waals surface area contributed by atoms with E-state index in [0.717, 1.165) is 0 Å². The lowest BCUT2D eigenvalue weighted by Crippen LogP contribution is -2.58. The van der Waals surface area contributed by atoms with Crippen molar-refractivity contribution >= 4 is 0 Å². The Balaban J connectivity index is 1.64. The Labute approximate surface area is 136 Å². The van der Waals surface area contributed by atoms with Gasteiger partial charge in [-0.15, -0.1) is 0 Å². The van der Waals surface area contributed by atoms with E-state index in [1.165, 1.54) is 0 Å². The summed E-state index contributed by atoms with van der Waals surface area (Å²) < 4.78 is 23.6. The Bertz CT molecular complexity index is 552. The smallest absolute Gasteiger partial charge is 0.220 e. The number of fused-ring (bicyclic) bond motifs is 2. The number of aliphatic hydroxyl groups excluding tert-OH is 1. The van der Waals surface area contributed by atoms with Crippen molar-refractivity contribution in [3.63, 3.8) is 0 Å². The van der Waals surface area contributed by atoms with Gasteiger partial charge < -0.3 is 29.2 Å². The molecule has 130 valence electrons. The van der Waals surface area contributed by atoms with Crippen LogP contribution >= 0.6 is 0 Å². The van der Waals surface area contributed by atoms with E-state index >= 15 is 0 Å². The molecule has 3 fully saturated rings. The molecule has 5 atom stereocenters. The van der Waals surface area contributed by atoms with Crippen LogP contribution in [-0.2, 0) is 18.9 Å². The topological polar surface area (TPSA) is 84.0 Å². The predicted octanol–water partition coefficient (Wildman–Crippen LogP) is 0.752. The summed E-state index contributed by atoms with van der Waals surface area (Å²) >= 11 is 0. The quantitative estimate of drug-likeness (QED) is 0.575. The van der Waals surface area contributed by atoms with Crippen molar-refractivity contribution in [2.75, 3.05) is 13.2 Å². The fraction of sp³-hybridized carbons (Fsp3) is 0.882. The molecule has 1 unspecified atom stereocenters. The van der Waals surface area contributed by atoms with Crippen LogP contribution in [0.1, 0.15) is 34.6 Å². The van der Waals surface area contributed by atoms with Gasteiger partial charge in [0.2, 0.25) is 5.79 Å². The van der Waals surface area contributed by atoms with Gasteiger partial charge in [-0.05, 0) is 32.4 Å². The summed E-state index contributed by atoms with van der Waals surface area (Å²) in [6, 6.07) is 0. The van der Waals surface area contributed by atoms with Gasteiger partial charge in [-0.25, -0.2) is 0 Å². The second-order valence-corrected chi connectivity index (χ2v) is 8.77. The predicted molar refractivity (Wildman–Crippen MR) is 80.7 cm³/mol. The molecule has 0 bridgehead atoms. The lowest BCUT2D eigenvalue weighted by Gasteiger charge is -2.46. The number of aliphatic hydroxyl groups is 2. The Morgan fingerprint density at radius 3 is 2.30 bits per heavy atom. The monoisotopic (exact) mass is 326 g/mol. The molecule has 23 heavy (non-hydrogen) atoms. The number of hydrogen-bond donors (Lipinski definition) is 2. The highest BCUT2D eigenvalue weighted by molar-refractivity contribution is 5.39. The van der Waals surface area contributed by atoms with Gasteiger partial charge in [0, 0.05) is 5.41 Å². The van der Waals surface area contributed by atoms with E-state index in [1.54, 1.807) is 13.8 Å². The van der Waals surface area contributed by atoms with Crippen LogP contribution in [0.2, 0.25) is 0 Å². The number of epoxide rings is 2. The van der Waals surface area contributed by atoms with Crippen LogP contribution < -0.4 is 0 Å². The maximum atomic E-state index is 10.6. The second-order valence-electron chi connectivity index (χ2n) is 8.77. The molecule has 2 N–H and O–H groups in total. The molecule has 1 spiro atoms. The lowest BCUT2D eigenvalue weighted by atomic mass is 9.80. The minimum atomic E-state index is -0.988. The van der Waals surface area contributed by atoms with Gasteiger partial charge in [0.25, 0.3) is 0 Å². The fourth-order valence-electron chi connectivity index (χ4n) is 3.71. The molecular weight excluding hydrogens is 300 g/mol. The van der Waals surface area contributed by atoms with E-state index in [9.17, 15) is 10.2 Å². The van der Waals surface area contributed by atoms with Crippen molar-refractivity contribution in [3.05, 3.63) is 11.6 Å². The normalized spacial score (nSPS) is 47.0. The third-order valence-electron chi connectivity index (χ3n) is 5.41. The zero-order valence-corrected chi connectivity index (χ0v) is 14.3. The van der Waals surface area contributed by atoms with Crippen molar-refractivity contribution in [2.45, 2.75) is 76.0 Å². The zero-order valence-electron chi connectivity index (χ0n) is 14.3. The van der Waals surface area contributed by atoms with Crippen molar-refractivity contribution in [2.24, 2.45) is 5.41 Å². The highest BCUT2D eigenvalue weighted by Gasteiger charge is 2.75. The van der Waals surface area contributed by atoms with E-state index < -0.39 is 23.1 Å². The summed E-state index contributed by atoms with van der Waals surface area (Å²) in [5.74, 6) is -0.988. The van der Waals surface area contributed by atoms with Crippen LogP contribution in [0.5, 0.6) is 0 Å². The molecule has 1 aliphatic carbocycles. The van der Waals surface area contributed by atoms with Gasteiger partial charge in [-0.3, -0.25) is 0 Å². The Morgan fingerprint density at radius 2 is 1.78 bits per heavy atom. The molecule has 4 aliphatic rings. The Hall–Kier alpha value is -0.500. The van der Waals surface area contributed by atoms with E-state index in [2.05, 4.69) is 13.8 Å². The maximum Gasteiger partial charge on any atom is 0.220 e. The zero-order chi connectivity index (χ0) is 16.8. The van der Waals surface area contributed by atoms with Crippen LogP contribution in [0, 0.1) is 5.41 Å². The first kappa shape index (κ1) is 16.0. The first-order chi connectivity index (χ1) is 10.5. The average molecular weight is 326 g/mol. The molecule has 3 saturated heterocycles. The Kier molecular flexibility index (Phi) is 3.04. The number of ether oxygens (including phenoxy) is 4. The molecule has 4 rings (SSSR count). The van der Waals surface area contributed by atoms with Crippen molar-refractivity contribution < 1.29 is 29.2 Å². The average Bonchev–Trinajstić information content (AvgIpc) is 3.30. The minimum Gasteiger partial charge on any atom is -0.388 e. The van der Waals surface area contributed by atoms with E-state index in [1.807, 2.05) is 13.0 Å². The molecule has 6 nitrogen and oxygen atoms in total. The lowest BCUT2D eigenvalue weighted by molar-refractivity contribution is -0.298. The summed E-state index contributed by atoms with van der Waals surface area (Å²) in [4.78, 5) is 0. The summed E-state index contributed by atoms with van der Waals surface area (Å²) in [5.41, 5.74) is -0.996. The van der Waals surface area contributed by atoms with Gasteiger partial charge in [0.05, 0.1) is 18.8 Å². The molecule has 0 saturated carbocycles. The summed E-state index contributed by atoms with van der Waals surface area (Å²) in [5, 5.41) is 20.7. The van der Waals surface area contributed by atoms with Gasteiger partial charge >= 0.3 is 0 Å². The van der Waals surface area contributed by atoms with Gasteiger partial charge in [-0.2, -0.15) is 0 Å². The van der Waals surface area contributed by atoms with Crippen LogP contribution in [-0.4, -0.2) is 64.8 Å². The molecule has 0 radical (unpaired) electrons. The first-order valence-electron chi connectivity index (χ1n) is 8.23. The van der Waals surface area contributed by atoms with Crippen LogP contribution in [0.4, 0.5) is 0 Å².